The molecule has 1 aromatic heterocycles. The van der Waals surface area contributed by atoms with Crippen molar-refractivity contribution in [3.05, 3.63) is 12.3 Å². The first-order chi connectivity index (χ1) is 5.74. The van der Waals surface area contributed by atoms with Gasteiger partial charge in [0.2, 0.25) is 0 Å². The van der Waals surface area contributed by atoms with Crippen molar-refractivity contribution in [3.63, 3.8) is 0 Å². The molecule has 1 aromatic rings. The molecule has 0 aliphatic heterocycles. The molecular weight excluding hydrogens is 176 g/mol. The largest absolute Gasteiger partial charge is 0.396 e. The van der Waals surface area contributed by atoms with Crippen LogP contribution in [0, 0.1) is 0 Å². The van der Waals surface area contributed by atoms with Gasteiger partial charge in [-0.05, 0) is 12.5 Å². The molecule has 0 aliphatic rings. The van der Waals surface area contributed by atoms with Crippen LogP contribution in [0.2, 0.25) is 0 Å². The second-order valence-corrected chi connectivity index (χ2v) is 3.77. The van der Waals surface area contributed by atoms with E-state index in [0.717, 1.165) is 0 Å². The molecule has 68 valence electrons. The molecule has 0 radical (unpaired) electrons. The summed E-state index contributed by atoms with van der Waals surface area (Å²) in [6.45, 7) is 0.831. The lowest BCUT2D eigenvalue weighted by Crippen LogP contribution is -2.01. The zero-order valence-electron chi connectivity index (χ0n) is 6.93. The van der Waals surface area contributed by atoms with Crippen LogP contribution in [0.5, 0.6) is 0 Å². The topological polar surface area (TPSA) is 55.1 Å². The van der Waals surface area contributed by atoms with Crippen LogP contribution in [0.4, 0.5) is 0 Å². The van der Waals surface area contributed by atoms with Gasteiger partial charge in [0.1, 0.15) is 5.03 Å². The number of nitrogens with zero attached hydrogens (tertiary/aromatic N) is 2. The lowest BCUT2D eigenvalue weighted by atomic mass is 10.5. The maximum absolute atomic E-state index is 10.9. The van der Waals surface area contributed by atoms with E-state index in [1.807, 2.05) is 0 Å². The van der Waals surface area contributed by atoms with Gasteiger partial charge < -0.3 is 5.11 Å². The van der Waals surface area contributed by atoms with Gasteiger partial charge in [0.25, 0.3) is 0 Å². The molecule has 12 heavy (non-hydrogen) atoms. The number of rotatable bonds is 4. The first-order valence-electron chi connectivity index (χ1n) is 3.72. The molecule has 0 spiro atoms. The van der Waals surface area contributed by atoms with Gasteiger partial charge in [-0.1, -0.05) is 0 Å². The van der Waals surface area contributed by atoms with Crippen molar-refractivity contribution in [3.8, 4) is 0 Å². The van der Waals surface area contributed by atoms with Gasteiger partial charge in [0.15, 0.2) is 0 Å². The van der Waals surface area contributed by atoms with E-state index in [9.17, 15) is 4.21 Å². The lowest BCUT2D eigenvalue weighted by Gasteiger charge is -1.96. The third kappa shape index (κ3) is 2.42. The van der Waals surface area contributed by atoms with Crippen LogP contribution < -0.4 is 0 Å². The fourth-order valence-electron chi connectivity index (χ4n) is 0.854. The first-order valence-corrected chi connectivity index (χ1v) is 5.27. The Labute approximate surface area is 73.7 Å². The Balaban J connectivity index is 2.58. The van der Waals surface area contributed by atoms with E-state index < -0.39 is 10.8 Å². The molecule has 0 aliphatic carbocycles. The van der Waals surface area contributed by atoms with E-state index in [2.05, 4.69) is 5.10 Å². The monoisotopic (exact) mass is 188 g/mol. The van der Waals surface area contributed by atoms with E-state index >= 15 is 0 Å². The van der Waals surface area contributed by atoms with E-state index in [1.54, 1.807) is 23.2 Å². The van der Waals surface area contributed by atoms with Crippen LogP contribution in [0.1, 0.15) is 6.42 Å². The number of aryl methyl sites for hydroxylation is 1. The van der Waals surface area contributed by atoms with E-state index in [1.165, 1.54) is 0 Å². The van der Waals surface area contributed by atoms with E-state index in [4.69, 9.17) is 5.11 Å². The number of aliphatic hydroxyl groups is 1. The molecule has 1 atom stereocenters. The number of hydrogen-bond acceptors (Lipinski definition) is 3. The Morgan fingerprint density at radius 1 is 1.75 bits per heavy atom. The maximum atomic E-state index is 10.9. The van der Waals surface area contributed by atoms with Crippen molar-refractivity contribution in [2.24, 2.45) is 0 Å². The Morgan fingerprint density at radius 2 is 2.50 bits per heavy atom. The average Bonchev–Trinajstić information content (AvgIpc) is 2.48. The molecule has 1 N–H and O–H groups in total. The minimum absolute atomic E-state index is 0.157. The quantitative estimate of drug-likeness (QED) is 0.723. The van der Waals surface area contributed by atoms with Crippen LogP contribution in [0.25, 0.3) is 0 Å². The first kappa shape index (κ1) is 9.41. The number of hydrogen-bond donors (Lipinski definition) is 1. The smallest absolute Gasteiger partial charge is 0.148 e. The Hall–Kier alpha value is -0.680. The van der Waals surface area contributed by atoms with Crippen LogP contribution in [0.3, 0.4) is 0 Å². The number of aliphatic hydroxyl groups excluding tert-OH is 1. The summed E-state index contributed by atoms with van der Waals surface area (Å²) in [5.74, 6) is 0. The molecule has 0 bridgehead atoms. The van der Waals surface area contributed by atoms with Crippen LogP contribution >= 0.6 is 0 Å². The molecule has 0 fully saturated rings. The summed E-state index contributed by atoms with van der Waals surface area (Å²) in [6.07, 6.45) is 4.04. The molecule has 0 saturated carbocycles. The van der Waals surface area contributed by atoms with Crippen molar-refractivity contribution in [2.45, 2.75) is 18.0 Å². The SMILES string of the molecule is CS(=O)c1ccn(CCCO)n1. The van der Waals surface area contributed by atoms with E-state index in [-0.39, 0.29) is 6.61 Å². The predicted molar refractivity (Wildman–Crippen MR) is 46.3 cm³/mol. The summed E-state index contributed by atoms with van der Waals surface area (Å²) >= 11 is 0. The zero-order valence-corrected chi connectivity index (χ0v) is 7.75. The normalized spacial score (nSPS) is 13.2. The predicted octanol–water partition coefficient (Wildman–Crippen LogP) is 0.00290. The third-order valence-corrected chi connectivity index (χ3v) is 2.26. The van der Waals surface area contributed by atoms with Gasteiger partial charge in [0, 0.05) is 25.6 Å². The van der Waals surface area contributed by atoms with Crippen LogP contribution in [0.15, 0.2) is 17.3 Å². The van der Waals surface area contributed by atoms with Gasteiger partial charge in [-0.2, -0.15) is 5.10 Å². The van der Waals surface area contributed by atoms with Crippen molar-refractivity contribution in [2.75, 3.05) is 12.9 Å². The van der Waals surface area contributed by atoms with Crippen molar-refractivity contribution in [1.29, 1.82) is 0 Å². The summed E-state index contributed by atoms with van der Waals surface area (Å²) in [7, 11) is -1.01. The van der Waals surface area contributed by atoms with Crippen molar-refractivity contribution < 1.29 is 9.32 Å². The highest BCUT2D eigenvalue weighted by atomic mass is 32.2. The Morgan fingerprint density at radius 3 is 3.00 bits per heavy atom. The summed E-state index contributed by atoms with van der Waals surface area (Å²) in [6, 6.07) is 1.73. The van der Waals surface area contributed by atoms with Gasteiger partial charge in [-0.3, -0.25) is 8.89 Å². The van der Waals surface area contributed by atoms with Gasteiger partial charge in [0.05, 0.1) is 10.8 Å². The molecule has 0 saturated heterocycles. The summed E-state index contributed by atoms with van der Waals surface area (Å²) in [5, 5.41) is 13.2. The zero-order chi connectivity index (χ0) is 8.97. The molecule has 4 nitrogen and oxygen atoms in total. The molecule has 1 unspecified atom stereocenters. The highest BCUT2D eigenvalue weighted by Gasteiger charge is 2.00. The fourth-order valence-corrected chi connectivity index (χ4v) is 1.33. The lowest BCUT2D eigenvalue weighted by molar-refractivity contribution is 0.276. The fraction of sp³-hybridized carbons (Fsp3) is 0.571. The van der Waals surface area contributed by atoms with Crippen LogP contribution in [-0.2, 0) is 17.3 Å². The van der Waals surface area contributed by atoms with Gasteiger partial charge in [-0.15, -0.1) is 0 Å². The average molecular weight is 188 g/mol. The van der Waals surface area contributed by atoms with Gasteiger partial charge in [-0.25, -0.2) is 0 Å². The van der Waals surface area contributed by atoms with Crippen LogP contribution in [-0.4, -0.2) is 32.0 Å². The minimum Gasteiger partial charge on any atom is -0.396 e. The number of aromatic nitrogens is 2. The molecule has 0 amide bonds. The molecular formula is C7H12N2O2S. The van der Waals surface area contributed by atoms with Crippen molar-refractivity contribution >= 4 is 10.8 Å². The second kappa shape index (κ2) is 4.37. The Bertz CT molecular complexity index is 272. The van der Waals surface area contributed by atoms with Crippen molar-refractivity contribution in [1.82, 2.24) is 9.78 Å². The molecule has 5 heteroatoms. The molecule has 0 aromatic carbocycles. The summed E-state index contributed by atoms with van der Waals surface area (Å²) in [5.41, 5.74) is 0. The second-order valence-electron chi connectivity index (χ2n) is 2.45. The maximum Gasteiger partial charge on any atom is 0.148 e. The van der Waals surface area contributed by atoms with Gasteiger partial charge >= 0.3 is 0 Å². The Kier molecular flexibility index (Phi) is 3.43. The highest BCUT2D eigenvalue weighted by Crippen LogP contribution is 2.00. The summed E-state index contributed by atoms with van der Waals surface area (Å²) < 4.78 is 12.6. The third-order valence-electron chi connectivity index (χ3n) is 1.46. The highest BCUT2D eigenvalue weighted by molar-refractivity contribution is 7.84. The standard InChI is InChI=1S/C7H12N2O2S/c1-12(11)7-3-5-9(8-7)4-2-6-10/h3,5,10H,2,4,6H2,1H3. The van der Waals surface area contributed by atoms with E-state index in [0.29, 0.717) is 18.0 Å². The minimum atomic E-state index is -1.01. The molecule has 1 rings (SSSR count). The molecule has 1 heterocycles. The summed E-state index contributed by atoms with van der Waals surface area (Å²) in [4.78, 5) is 0.